The van der Waals surface area contributed by atoms with Crippen LogP contribution in [0.25, 0.3) is 11.0 Å². The second kappa shape index (κ2) is 7.77. The molecule has 25 heavy (non-hydrogen) atoms. The van der Waals surface area contributed by atoms with Crippen LogP contribution in [0.4, 0.5) is 17.7 Å². The van der Waals surface area contributed by atoms with E-state index in [0.29, 0.717) is 29.7 Å². The maximum Gasteiger partial charge on any atom is 0.225 e. The van der Waals surface area contributed by atoms with Crippen molar-refractivity contribution in [3.8, 4) is 0 Å². The molecule has 2 aromatic rings. The Morgan fingerprint density at radius 1 is 1.00 bits per heavy atom. The SMILES string of the molecule is CCCNc1nc(NC)nc2c(C[C@@H]3CCC[C@H]3O)nc(NC)nc12. The van der Waals surface area contributed by atoms with Gasteiger partial charge < -0.3 is 21.1 Å². The van der Waals surface area contributed by atoms with E-state index < -0.39 is 0 Å². The summed E-state index contributed by atoms with van der Waals surface area (Å²) in [5, 5.41) is 19.6. The maximum atomic E-state index is 10.2. The minimum Gasteiger partial charge on any atom is -0.393 e. The van der Waals surface area contributed by atoms with E-state index in [1.807, 2.05) is 0 Å². The van der Waals surface area contributed by atoms with E-state index in [0.717, 1.165) is 43.4 Å². The van der Waals surface area contributed by atoms with Crippen molar-refractivity contribution in [3.05, 3.63) is 5.69 Å². The third-order valence-corrected chi connectivity index (χ3v) is 4.68. The molecule has 136 valence electrons. The highest BCUT2D eigenvalue weighted by atomic mass is 16.3. The smallest absolute Gasteiger partial charge is 0.225 e. The molecule has 2 heterocycles. The number of aromatic nitrogens is 4. The third-order valence-electron chi connectivity index (χ3n) is 4.68. The first kappa shape index (κ1) is 17.6. The molecule has 1 fully saturated rings. The molecule has 1 aliphatic rings. The number of hydrogen-bond acceptors (Lipinski definition) is 8. The molecule has 0 spiro atoms. The summed E-state index contributed by atoms with van der Waals surface area (Å²) in [7, 11) is 3.60. The summed E-state index contributed by atoms with van der Waals surface area (Å²) in [6, 6.07) is 0. The number of nitrogens with one attached hydrogen (secondary N) is 3. The van der Waals surface area contributed by atoms with Crippen molar-refractivity contribution in [3.63, 3.8) is 0 Å². The second-order valence-electron chi connectivity index (χ2n) is 6.48. The van der Waals surface area contributed by atoms with Crippen LogP contribution in [0.15, 0.2) is 0 Å². The van der Waals surface area contributed by atoms with Crippen molar-refractivity contribution in [2.45, 2.75) is 45.1 Å². The largest absolute Gasteiger partial charge is 0.393 e. The molecule has 8 heteroatoms. The molecule has 0 aromatic carbocycles. The van der Waals surface area contributed by atoms with Crippen LogP contribution in [0.5, 0.6) is 0 Å². The molecule has 0 aliphatic heterocycles. The number of nitrogens with zero attached hydrogens (tertiary/aromatic N) is 4. The minimum atomic E-state index is -0.258. The lowest BCUT2D eigenvalue weighted by Gasteiger charge is -2.17. The summed E-state index contributed by atoms with van der Waals surface area (Å²) in [5.41, 5.74) is 2.32. The zero-order valence-electron chi connectivity index (χ0n) is 15.1. The van der Waals surface area contributed by atoms with Crippen LogP contribution >= 0.6 is 0 Å². The Hall–Kier alpha value is -2.22. The van der Waals surface area contributed by atoms with Gasteiger partial charge in [-0.1, -0.05) is 13.3 Å². The lowest BCUT2D eigenvalue weighted by molar-refractivity contribution is 0.132. The summed E-state index contributed by atoms with van der Waals surface area (Å²) in [6.45, 7) is 2.92. The van der Waals surface area contributed by atoms with Crippen molar-refractivity contribution in [2.75, 3.05) is 36.6 Å². The average molecular weight is 345 g/mol. The minimum absolute atomic E-state index is 0.225. The highest BCUT2D eigenvalue weighted by Gasteiger charge is 2.27. The van der Waals surface area contributed by atoms with Crippen molar-refractivity contribution in [1.82, 2.24) is 19.9 Å². The summed E-state index contributed by atoms with van der Waals surface area (Å²) in [4.78, 5) is 18.3. The second-order valence-corrected chi connectivity index (χ2v) is 6.48. The summed E-state index contributed by atoms with van der Waals surface area (Å²) >= 11 is 0. The molecule has 3 rings (SSSR count). The van der Waals surface area contributed by atoms with Gasteiger partial charge in [0.25, 0.3) is 0 Å². The highest BCUT2D eigenvalue weighted by Crippen LogP contribution is 2.31. The predicted octanol–water partition coefficient (Wildman–Crippen LogP) is 2.03. The van der Waals surface area contributed by atoms with Crippen LogP contribution in [0.2, 0.25) is 0 Å². The van der Waals surface area contributed by atoms with E-state index in [1.54, 1.807) is 14.1 Å². The molecule has 4 N–H and O–H groups in total. The normalized spacial score (nSPS) is 20.0. The molecule has 2 aromatic heterocycles. The van der Waals surface area contributed by atoms with Gasteiger partial charge in [0.15, 0.2) is 5.82 Å². The van der Waals surface area contributed by atoms with Gasteiger partial charge in [-0.15, -0.1) is 0 Å². The Bertz CT molecular complexity index is 736. The van der Waals surface area contributed by atoms with Crippen molar-refractivity contribution in [2.24, 2.45) is 5.92 Å². The number of aliphatic hydroxyl groups excluding tert-OH is 1. The third kappa shape index (κ3) is 3.73. The van der Waals surface area contributed by atoms with Gasteiger partial charge in [-0.05, 0) is 31.6 Å². The van der Waals surface area contributed by atoms with Crippen LogP contribution in [0.1, 0.15) is 38.3 Å². The molecule has 1 saturated carbocycles. The predicted molar refractivity (Wildman–Crippen MR) is 100 cm³/mol. The topological polar surface area (TPSA) is 108 Å². The van der Waals surface area contributed by atoms with Crippen molar-refractivity contribution < 1.29 is 5.11 Å². The first-order valence-corrected chi connectivity index (χ1v) is 9.02. The lowest BCUT2D eigenvalue weighted by Crippen LogP contribution is -2.18. The Labute approximate surface area is 147 Å². The molecule has 1 aliphatic carbocycles. The Morgan fingerprint density at radius 2 is 1.72 bits per heavy atom. The van der Waals surface area contributed by atoms with E-state index >= 15 is 0 Å². The van der Waals surface area contributed by atoms with Crippen molar-refractivity contribution in [1.29, 1.82) is 0 Å². The monoisotopic (exact) mass is 345 g/mol. The fourth-order valence-corrected chi connectivity index (χ4v) is 3.31. The van der Waals surface area contributed by atoms with Gasteiger partial charge in [-0.2, -0.15) is 4.98 Å². The maximum absolute atomic E-state index is 10.2. The van der Waals surface area contributed by atoms with Crippen LogP contribution in [-0.2, 0) is 6.42 Å². The molecule has 0 saturated heterocycles. The number of rotatable bonds is 7. The first-order chi connectivity index (χ1) is 12.2. The summed E-state index contributed by atoms with van der Waals surface area (Å²) in [6.07, 6.45) is 4.38. The van der Waals surface area contributed by atoms with E-state index in [-0.39, 0.29) is 12.0 Å². The standard InChI is InChI=1S/C17H27N7O/c1-4-8-20-15-14-13(22-17(19-3)24-15)11(21-16(18-2)23-14)9-10-6-5-7-12(10)25/h10,12,25H,4-9H2,1-3H3,(H,18,21,23)(H2,19,20,22,24)/t10-,12+/m0/s1. The van der Waals surface area contributed by atoms with E-state index in [9.17, 15) is 5.11 Å². The fraction of sp³-hybridized carbons (Fsp3) is 0.647. The van der Waals surface area contributed by atoms with Gasteiger partial charge in [0.05, 0.1) is 11.8 Å². The number of anilines is 3. The number of fused-ring (bicyclic) bond motifs is 1. The number of aliphatic hydroxyl groups is 1. The van der Waals surface area contributed by atoms with Gasteiger partial charge in [0, 0.05) is 20.6 Å². The highest BCUT2D eigenvalue weighted by molar-refractivity contribution is 5.88. The van der Waals surface area contributed by atoms with Gasteiger partial charge >= 0.3 is 0 Å². The first-order valence-electron chi connectivity index (χ1n) is 9.02. The van der Waals surface area contributed by atoms with Crippen LogP contribution < -0.4 is 16.0 Å². The van der Waals surface area contributed by atoms with Crippen LogP contribution in [-0.4, -0.2) is 51.8 Å². The van der Waals surface area contributed by atoms with E-state index in [4.69, 9.17) is 0 Å². The van der Waals surface area contributed by atoms with Gasteiger partial charge in [-0.25, -0.2) is 15.0 Å². The average Bonchev–Trinajstić information content (AvgIpc) is 3.04. The summed E-state index contributed by atoms with van der Waals surface area (Å²) < 4.78 is 0. The summed E-state index contributed by atoms with van der Waals surface area (Å²) in [5.74, 6) is 2.03. The molecule has 8 nitrogen and oxygen atoms in total. The Morgan fingerprint density at radius 3 is 2.36 bits per heavy atom. The molecular weight excluding hydrogens is 318 g/mol. The van der Waals surface area contributed by atoms with Gasteiger partial charge in [0.1, 0.15) is 11.0 Å². The van der Waals surface area contributed by atoms with Crippen LogP contribution in [0, 0.1) is 5.92 Å². The molecule has 0 unspecified atom stereocenters. The molecular formula is C17H27N7O. The number of hydrogen-bond donors (Lipinski definition) is 4. The molecule has 0 bridgehead atoms. The molecule has 2 atom stereocenters. The zero-order chi connectivity index (χ0) is 17.8. The Balaban J connectivity index is 2.10. The van der Waals surface area contributed by atoms with Crippen molar-refractivity contribution >= 4 is 28.7 Å². The lowest BCUT2D eigenvalue weighted by atomic mass is 9.99. The van der Waals surface area contributed by atoms with Crippen LogP contribution in [0.3, 0.4) is 0 Å². The van der Waals surface area contributed by atoms with Gasteiger partial charge in [-0.3, -0.25) is 0 Å². The fourth-order valence-electron chi connectivity index (χ4n) is 3.31. The quantitative estimate of drug-likeness (QED) is 0.604. The zero-order valence-corrected chi connectivity index (χ0v) is 15.1. The molecule has 0 radical (unpaired) electrons. The van der Waals surface area contributed by atoms with Gasteiger partial charge in [0.2, 0.25) is 11.9 Å². The Kier molecular flexibility index (Phi) is 5.47. The molecule has 0 amide bonds. The van der Waals surface area contributed by atoms with E-state index in [1.165, 1.54) is 0 Å². The van der Waals surface area contributed by atoms with E-state index in [2.05, 4.69) is 42.8 Å².